The first-order valence-corrected chi connectivity index (χ1v) is 5.78. The van der Waals surface area contributed by atoms with E-state index in [1.54, 1.807) is 6.07 Å². The second kappa shape index (κ2) is 3.37. The first-order chi connectivity index (χ1) is 6.89. The lowest BCUT2D eigenvalue weighted by atomic mass is 10.0. The molecule has 80 valence electrons. The fraction of sp³-hybridized carbons (Fsp3) is 0.364. The van der Waals surface area contributed by atoms with Crippen molar-refractivity contribution >= 4 is 28.5 Å². The summed E-state index contributed by atoms with van der Waals surface area (Å²) in [6.45, 7) is 4.01. The molecule has 1 aliphatic heterocycles. The van der Waals surface area contributed by atoms with Crippen LogP contribution in [0.3, 0.4) is 0 Å². The molecule has 2 N–H and O–H groups in total. The topological polar surface area (TPSA) is 52.3 Å². The van der Waals surface area contributed by atoms with E-state index >= 15 is 0 Å². The molecule has 2 rings (SSSR count). The third-order valence-corrected chi connectivity index (χ3v) is 3.01. The van der Waals surface area contributed by atoms with Gasteiger partial charge < -0.3 is 10.5 Å². The predicted molar refractivity (Wildman–Crippen MR) is 66.1 cm³/mol. The number of benzene rings is 1. The Morgan fingerprint density at radius 2 is 2.20 bits per heavy atom. The van der Waals surface area contributed by atoms with Gasteiger partial charge in [0.2, 0.25) is 0 Å². The fourth-order valence-electron chi connectivity index (χ4n) is 1.86. The van der Waals surface area contributed by atoms with Crippen LogP contribution in [0.5, 0.6) is 5.75 Å². The minimum atomic E-state index is -0.428. The number of hydrogen-bond donors (Lipinski definition) is 1. The second-order valence-corrected chi connectivity index (χ2v) is 5.59. The van der Waals surface area contributed by atoms with E-state index in [1.165, 1.54) is 0 Å². The van der Waals surface area contributed by atoms with Crippen molar-refractivity contribution in [1.29, 1.82) is 0 Å². The monoisotopic (exact) mass is 317 g/mol. The highest BCUT2D eigenvalue weighted by Gasteiger charge is 2.33. The lowest BCUT2D eigenvalue weighted by Crippen LogP contribution is -2.25. The van der Waals surface area contributed by atoms with E-state index in [2.05, 4.69) is 22.6 Å². The number of ether oxygens (including phenoxy) is 1. The zero-order valence-corrected chi connectivity index (χ0v) is 10.8. The summed E-state index contributed by atoms with van der Waals surface area (Å²) in [4.78, 5) is 11.3. The zero-order chi connectivity index (χ0) is 11.2. The SMILES string of the molecule is CC1(C)Cc2cc(I)cc(C(N)=O)c2O1. The highest BCUT2D eigenvalue weighted by molar-refractivity contribution is 14.1. The summed E-state index contributed by atoms with van der Waals surface area (Å²) in [5, 5.41) is 0. The molecule has 0 aliphatic carbocycles. The minimum absolute atomic E-state index is 0.239. The van der Waals surface area contributed by atoms with Crippen molar-refractivity contribution in [3.8, 4) is 5.75 Å². The van der Waals surface area contributed by atoms with E-state index in [1.807, 2.05) is 19.9 Å². The van der Waals surface area contributed by atoms with Crippen molar-refractivity contribution in [1.82, 2.24) is 0 Å². The molecule has 0 atom stereocenters. The highest BCUT2D eigenvalue weighted by atomic mass is 127. The average molecular weight is 317 g/mol. The molecule has 0 aromatic heterocycles. The maximum absolute atomic E-state index is 11.3. The molecule has 0 bridgehead atoms. The third kappa shape index (κ3) is 1.95. The number of halogens is 1. The molecule has 1 heterocycles. The molecule has 15 heavy (non-hydrogen) atoms. The summed E-state index contributed by atoms with van der Waals surface area (Å²) in [6, 6.07) is 3.81. The van der Waals surface area contributed by atoms with Crippen LogP contribution in [-0.4, -0.2) is 11.5 Å². The van der Waals surface area contributed by atoms with Gasteiger partial charge in [-0.1, -0.05) is 0 Å². The molecule has 1 aliphatic rings. The number of primary amides is 1. The Labute approximate surface area is 102 Å². The quantitative estimate of drug-likeness (QED) is 0.807. The maximum atomic E-state index is 11.3. The number of carbonyl (C=O) groups excluding carboxylic acids is 1. The van der Waals surface area contributed by atoms with Gasteiger partial charge in [0.25, 0.3) is 5.91 Å². The summed E-state index contributed by atoms with van der Waals surface area (Å²) < 4.78 is 6.75. The predicted octanol–water partition coefficient (Wildman–Crippen LogP) is 2.10. The lowest BCUT2D eigenvalue weighted by Gasteiger charge is -2.17. The molecule has 0 saturated heterocycles. The van der Waals surface area contributed by atoms with Gasteiger partial charge in [-0.15, -0.1) is 0 Å². The molecule has 4 heteroatoms. The van der Waals surface area contributed by atoms with Crippen LogP contribution in [0.15, 0.2) is 12.1 Å². The standard InChI is InChI=1S/C11H12INO2/c1-11(2)5-6-3-7(12)4-8(10(13)14)9(6)15-11/h3-4H,5H2,1-2H3,(H2,13,14). The van der Waals surface area contributed by atoms with Crippen LogP contribution < -0.4 is 10.5 Å². The molecule has 0 fully saturated rings. The number of hydrogen-bond acceptors (Lipinski definition) is 2. The van der Waals surface area contributed by atoms with Crippen LogP contribution in [-0.2, 0) is 6.42 Å². The van der Waals surface area contributed by atoms with Crippen LogP contribution in [0, 0.1) is 3.57 Å². The van der Waals surface area contributed by atoms with Gasteiger partial charge in [0, 0.05) is 9.99 Å². The molecule has 1 aromatic carbocycles. The number of amides is 1. The molecule has 3 nitrogen and oxygen atoms in total. The van der Waals surface area contributed by atoms with Gasteiger partial charge in [0.05, 0.1) is 5.56 Å². The normalized spacial score (nSPS) is 17.0. The Morgan fingerprint density at radius 3 is 2.80 bits per heavy atom. The molecule has 0 spiro atoms. The van der Waals surface area contributed by atoms with E-state index in [0.717, 1.165) is 15.6 Å². The summed E-state index contributed by atoms with van der Waals surface area (Å²) in [5.74, 6) is 0.232. The summed E-state index contributed by atoms with van der Waals surface area (Å²) in [5.41, 5.74) is 6.64. The van der Waals surface area contributed by atoms with E-state index in [9.17, 15) is 4.79 Å². The maximum Gasteiger partial charge on any atom is 0.252 e. The van der Waals surface area contributed by atoms with Crippen molar-refractivity contribution in [2.45, 2.75) is 25.9 Å². The smallest absolute Gasteiger partial charge is 0.252 e. The average Bonchev–Trinajstić information content (AvgIpc) is 2.36. The van der Waals surface area contributed by atoms with Gasteiger partial charge in [-0.2, -0.15) is 0 Å². The zero-order valence-electron chi connectivity index (χ0n) is 8.63. The second-order valence-electron chi connectivity index (χ2n) is 4.34. The van der Waals surface area contributed by atoms with Crippen molar-refractivity contribution in [2.24, 2.45) is 5.73 Å². The van der Waals surface area contributed by atoms with E-state index in [4.69, 9.17) is 10.5 Å². The molecule has 1 aromatic rings. The van der Waals surface area contributed by atoms with E-state index in [0.29, 0.717) is 11.3 Å². The molecular formula is C11H12INO2. The fourth-order valence-corrected chi connectivity index (χ4v) is 2.54. The number of fused-ring (bicyclic) bond motifs is 1. The first-order valence-electron chi connectivity index (χ1n) is 4.70. The Morgan fingerprint density at radius 1 is 1.53 bits per heavy atom. The third-order valence-electron chi connectivity index (χ3n) is 2.39. The van der Waals surface area contributed by atoms with Crippen LogP contribution in [0.4, 0.5) is 0 Å². The molecule has 0 radical (unpaired) electrons. The Kier molecular flexibility index (Phi) is 2.41. The Balaban J connectivity index is 2.58. The molecule has 0 unspecified atom stereocenters. The van der Waals surface area contributed by atoms with Crippen molar-refractivity contribution in [3.05, 3.63) is 26.8 Å². The molecule has 0 saturated carbocycles. The van der Waals surface area contributed by atoms with Gasteiger partial charge in [-0.3, -0.25) is 4.79 Å². The van der Waals surface area contributed by atoms with E-state index < -0.39 is 5.91 Å². The number of carbonyl (C=O) groups is 1. The van der Waals surface area contributed by atoms with Crippen molar-refractivity contribution in [3.63, 3.8) is 0 Å². The number of nitrogens with two attached hydrogens (primary N) is 1. The summed E-state index contributed by atoms with van der Waals surface area (Å²) in [6.07, 6.45) is 0.819. The summed E-state index contributed by atoms with van der Waals surface area (Å²) >= 11 is 2.18. The molecule has 1 amide bonds. The number of rotatable bonds is 1. The lowest BCUT2D eigenvalue weighted by molar-refractivity contribution is 0.0985. The van der Waals surface area contributed by atoms with Gasteiger partial charge >= 0.3 is 0 Å². The van der Waals surface area contributed by atoms with Crippen LogP contribution in [0.2, 0.25) is 0 Å². The molecular weight excluding hydrogens is 305 g/mol. The van der Waals surface area contributed by atoms with Gasteiger partial charge in [0.1, 0.15) is 11.4 Å². The minimum Gasteiger partial charge on any atom is -0.486 e. The van der Waals surface area contributed by atoms with Gasteiger partial charge in [0.15, 0.2) is 0 Å². The van der Waals surface area contributed by atoms with Crippen LogP contribution in [0.1, 0.15) is 29.8 Å². The van der Waals surface area contributed by atoms with Crippen molar-refractivity contribution in [2.75, 3.05) is 0 Å². The van der Waals surface area contributed by atoms with E-state index in [-0.39, 0.29) is 5.60 Å². The van der Waals surface area contributed by atoms with Crippen LogP contribution >= 0.6 is 22.6 Å². The van der Waals surface area contributed by atoms with Crippen LogP contribution in [0.25, 0.3) is 0 Å². The Hall–Kier alpha value is -0.780. The summed E-state index contributed by atoms with van der Waals surface area (Å²) in [7, 11) is 0. The highest BCUT2D eigenvalue weighted by Crippen LogP contribution is 2.38. The van der Waals surface area contributed by atoms with Gasteiger partial charge in [-0.05, 0) is 54.1 Å². The largest absolute Gasteiger partial charge is 0.486 e. The van der Waals surface area contributed by atoms with Gasteiger partial charge in [-0.25, -0.2) is 0 Å². The first kappa shape index (κ1) is 10.7. The van der Waals surface area contributed by atoms with Crippen molar-refractivity contribution < 1.29 is 9.53 Å². The Bertz CT molecular complexity index is 440.